The molecule has 0 aromatic rings. The van der Waals surface area contributed by atoms with Gasteiger partial charge in [0.05, 0.1) is 36.6 Å². The third-order valence-electron chi connectivity index (χ3n) is 10.8. The van der Waals surface area contributed by atoms with E-state index in [0.717, 1.165) is 12.8 Å². The first-order valence-electron chi connectivity index (χ1n) is 10.3. The first-order valence-corrected chi connectivity index (χ1v) is 10.3. The van der Waals surface area contributed by atoms with E-state index in [2.05, 4.69) is 0 Å². The second kappa shape index (κ2) is 3.49. The molecule has 0 amide bonds. The molecule has 2 N–H and O–H groups in total. The van der Waals surface area contributed by atoms with Crippen LogP contribution in [0.5, 0.6) is 0 Å². The minimum atomic E-state index is -0.233. The maximum atomic E-state index is 10.6. The number of hydrogen-bond donors (Lipinski definition) is 2. The largest absolute Gasteiger partial charge is 0.393 e. The molecular formula is C20H26O4. The minimum absolute atomic E-state index is 0.232. The number of hydrogen-bond acceptors (Lipinski definition) is 4. The van der Waals surface area contributed by atoms with Crippen LogP contribution in [0, 0.1) is 59.2 Å². The molecular weight excluding hydrogens is 304 g/mol. The summed E-state index contributed by atoms with van der Waals surface area (Å²) < 4.78 is 13.6. The van der Waals surface area contributed by atoms with Gasteiger partial charge in [0.2, 0.25) is 0 Å². The van der Waals surface area contributed by atoms with Crippen LogP contribution in [0.15, 0.2) is 0 Å². The standard InChI is InChI=1S/C20H26O4/c21-5-19-15-7-1-3-9-11(7)17-13(15)14-16(20(17,6-22)23-9)8-2-4-10(24-19)12(8)18(14)19/h7-18,21-22H,1-6H2/t7-,8-,9-,10+,11+,12-,13-,14-,15+,16+,17-,18-,19-,20-/m1/s1. The van der Waals surface area contributed by atoms with Crippen LogP contribution in [0.2, 0.25) is 0 Å². The fourth-order valence-corrected chi connectivity index (χ4v) is 11.1. The summed E-state index contributed by atoms with van der Waals surface area (Å²) in [5.41, 5.74) is -0.465. The van der Waals surface area contributed by atoms with E-state index in [1.54, 1.807) is 0 Å². The van der Waals surface area contributed by atoms with E-state index < -0.39 is 0 Å². The SMILES string of the molecule is OC[C@]12O[C@@H]3CC[C@@H]4[C@@H]3[C@@H]1[C@@H]1[C@H]3[C@H]5[C@@H]6[C@@H](CC[C@@H]6O[C@]5(CO)[C@@H]41)[C@@H]32. The van der Waals surface area contributed by atoms with Gasteiger partial charge in [0.25, 0.3) is 0 Å². The van der Waals surface area contributed by atoms with Crippen LogP contribution in [0.1, 0.15) is 25.7 Å². The highest BCUT2D eigenvalue weighted by Gasteiger charge is 2.89. The van der Waals surface area contributed by atoms with E-state index >= 15 is 0 Å². The summed E-state index contributed by atoms with van der Waals surface area (Å²) >= 11 is 0. The van der Waals surface area contributed by atoms with Gasteiger partial charge < -0.3 is 19.7 Å². The molecule has 6 saturated carbocycles. The summed E-state index contributed by atoms with van der Waals surface area (Å²) in [5.74, 6) is 6.15. The van der Waals surface area contributed by atoms with Crippen molar-refractivity contribution in [1.82, 2.24) is 0 Å². The Kier molecular flexibility index (Phi) is 1.90. The highest BCUT2D eigenvalue weighted by Crippen LogP contribution is 2.86. The molecule has 8 aliphatic rings. The van der Waals surface area contributed by atoms with Crippen LogP contribution in [-0.4, -0.2) is 46.8 Å². The third-order valence-corrected chi connectivity index (χ3v) is 10.8. The molecule has 4 nitrogen and oxygen atoms in total. The van der Waals surface area contributed by atoms with Gasteiger partial charge >= 0.3 is 0 Å². The highest BCUT2D eigenvalue weighted by atomic mass is 16.5. The Bertz CT molecular complexity index is 610. The Morgan fingerprint density at radius 1 is 0.625 bits per heavy atom. The zero-order chi connectivity index (χ0) is 15.6. The van der Waals surface area contributed by atoms with Crippen molar-refractivity contribution < 1.29 is 19.7 Å². The van der Waals surface area contributed by atoms with Gasteiger partial charge in [-0.1, -0.05) is 0 Å². The second-order valence-electron chi connectivity index (χ2n) is 10.4. The lowest BCUT2D eigenvalue weighted by Gasteiger charge is -2.38. The maximum Gasteiger partial charge on any atom is 0.0983 e. The van der Waals surface area contributed by atoms with E-state index in [1.165, 1.54) is 12.8 Å². The molecule has 2 heterocycles. The number of aliphatic hydroxyl groups excluding tert-OH is 2. The molecule has 0 radical (unpaired) electrons. The van der Waals surface area contributed by atoms with Gasteiger partial charge in [0.1, 0.15) is 0 Å². The van der Waals surface area contributed by atoms with Gasteiger partial charge in [0.15, 0.2) is 0 Å². The molecule has 4 heteroatoms. The molecule has 6 aliphatic carbocycles. The Balaban J connectivity index is 1.44. The van der Waals surface area contributed by atoms with Crippen LogP contribution in [0.4, 0.5) is 0 Å². The monoisotopic (exact) mass is 330 g/mol. The predicted octanol–water partition coefficient (Wildman–Crippen LogP) is 1.05. The summed E-state index contributed by atoms with van der Waals surface area (Å²) in [6, 6.07) is 0. The number of aliphatic hydroxyl groups is 2. The fraction of sp³-hybridized carbons (Fsp3) is 1.00. The van der Waals surface area contributed by atoms with Crippen LogP contribution < -0.4 is 0 Å². The topological polar surface area (TPSA) is 58.9 Å². The van der Waals surface area contributed by atoms with Crippen LogP contribution in [0.3, 0.4) is 0 Å². The van der Waals surface area contributed by atoms with Gasteiger partial charge in [-0.05, 0) is 84.9 Å². The van der Waals surface area contributed by atoms with Crippen LogP contribution in [-0.2, 0) is 9.47 Å². The first-order chi connectivity index (χ1) is 11.8. The van der Waals surface area contributed by atoms with E-state index in [0.29, 0.717) is 71.4 Å². The lowest BCUT2D eigenvalue weighted by Crippen LogP contribution is -2.48. The lowest BCUT2D eigenvalue weighted by molar-refractivity contribution is -0.147. The molecule has 2 saturated heterocycles. The average Bonchev–Trinajstić information content (AvgIpc) is 3.36. The summed E-state index contributed by atoms with van der Waals surface area (Å²) in [7, 11) is 0. The average molecular weight is 330 g/mol. The minimum Gasteiger partial charge on any atom is -0.393 e. The Hall–Kier alpha value is -0.160. The summed E-state index contributed by atoms with van der Waals surface area (Å²) in [6.45, 7) is 0.463. The van der Waals surface area contributed by atoms with Crippen molar-refractivity contribution in [1.29, 1.82) is 0 Å². The second-order valence-corrected chi connectivity index (χ2v) is 10.4. The van der Waals surface area contributed by atoms with E-state index in [9.17, 15) is 10.2 Å². The summed E-state index contributed by atoms with van der Waals surface area (Å²) in [5, 5.41) is 21.2. The van der Waals surface area contributed by atoms with Gasteiger partial charge in [-0.3, -0.25) is 0 Å². The molecule has 130 valence electrons. The Morgan fingerprint density at radius 3 is 1.50 bits per heavy atom. The van der Waals surface area contributed by atoms with Crippen molar-refractivity contribution >= 4 is 0 Å². The highest BCUT2D eigenvalue weighted by molar-refractivity contribution is 5.36. The van der Waals surface area contributed by atoms with Crippen molar-refractivity contribution in [3.05, 3.63) is 0 Å². The predicted molar refractivity (Wildman–Crippen MR) is 82.7 cm³/mol. The smallest absolute Gasteiger partial charge is 0.0983 e. The fourth-order valence-electron chi connectivity index (χ4n) is 11.1. The molecule has 0 aromatic carbocycles. The normalized spacial score (nSPS) is 77.2. The van der Waals surface area contributed by atoms with Gasteiger partial charge in [-0.25, -0.2) is 0 Å². The summed E-state index contributed by atoms with van der Waals surface area (Å²) in [4.78, 5) is 0. The van der Waals surface area contributed by atoms with Crippen molar-refractivity contribution in [3.63, 3.8) is 0 Å². The van der Waals surface area contributed by atoms with Crippen molar-refractivity contribution in [2.75, 3.05) is 13.2 Å². The summed E-state index contributed by atoms with van der Waals surface area (Å²) in [6.07, 6.45) is 5.59. The number of ether oxygens (including phenoxy) is 2. The lowest BCUT2D eigenvalue weighted by atomic mass is 9.72. The van der Waals surface area contributed by atoms with Crippen molar-refractivity contribution in [2.45, 2.75) is 49.1 Å². The molecule has 8 rings (SSSR count). The molecule has 2 aliphatic heterocycles. The zero-order valence-electron chi connectivity index (χ0n) is 13.9. The number of rotatable bonds is 2. The van der Waals surface area contributed by atoms with E-state index in [1.807, 2.05) is 0 Å². The van der Waals surface area contributed by atoms with Crippen LogP contribution >= 0.6 is 0 Å². The van der Waals surface area contributed by atoms with Gasteiger partial charge in [-0.15, -0.1) is 0 Å². The molecule has 8 fully saturated rings. The molecule has 0 unspecified atom stereocenters. The van der Waals surface area contributed by atoms with Crippen LogP contribution in [0.25, 0.3) is 0 Å². The molecule has 14 atom stereocenters. The van der Waals surface area contributed by atoms with Crippen molar-refractivity contribution in [2.24, 2.45) is 59.2 Å². The van der Waals surface area contributed by atoms with Gasteiger partial charge in [-0.2, -0.15) is 0 Å². The molecule has 0 spiro atoms. The first kappa shape index (κ1) is 13.1. The molecule has 0 bridgehead atoms. The molecule has 0 aromatic heterocycles. The van der Waals surface area contributed by atoms with E-state index in [-0.39, 0.29) is 24.4 Å². The number of fused-ring (bicyclic) bond motifs is 4. The van der Waals surface area contributed by atoms with Gasteiger partial charge in [0, 0.05) is 0 Å². The Morgan fingerprint density at radius 2 is 1.08 bits per heavy atom. The van der Waals surface area contributed by atoms with Crippen molar-refractivity contribution in [3.8, 4) is 0 Å². The third kappa shape index (κ3) is 0.915. The Labute approximate surface area is 141 Å². The molecule has 24 heavy (non-hydrogen) atoms. The quantitative estimate of drug-likeness (QED) is 0.795. The van der Waals surface area contributed by atoms with E-state index in [4.69, 9.17) is 9.47 Å². The maximum absolute atomic E-state index is 10.6. The zero-order valence-corrected chi connectivity index (χ0v) is 13.9.